The van der Waals surface area contributed by atoms with Gasteiger partial charge in [0.2, 0.25) is 0 Å². The van der Waals surface area contributed by atoms with Crippen molar-refractivity contribution in [2.45, 2.75) is 6.92 Å². The highest BCUT2D eigenvalue weighted by molar-refractivity contribution is 7.22. The molecule has 2 amide bonds. The standard InChI is InChI=1S/C22H24N4O3S/c1-3-29-17-6-4-5-15(13-17)20(27)24-22-23-18-8-7-16(14-19(18)30-22)21(28)26-11-9-25(2)10-12-26/h4-8,13-14H,3,9-12H2,1-2H3,(H,23,24,27). The first-order valence-corrected chi connectivity index (χ1v) is 10.8. The molecule has 1 N–H and O–H groups in total. The second kappa shape index (κ2) is 8.81. The number of likely N-dealkylation sites (N-methyl/N-ethyl adjacent to an activating group) is 1. The fourth-order valence-electron chi connectivity index (χ4n) is 3.37. The third-order valence-corrected chi connectivity index (χ3v) is 5.99. The Morgan fingerprint density at radius 2 is 1.90 bits per heavy atom. The lowest BCUT2D eigenvalue weighted by atomic mass is 10.1. The molecule has 156 valence electrons. The number of anilines is 1. The summed E-state index contributed by atoms with van der Waals surface area (Å²) < 4.78 is 6.32. The summed E-state index contributed by atoms with van der Waals surface area (Å²) in [6.45, 7) is 5.68. The number of hydrogen-bond acceptors (Lipinski definition) is 6. The van der Waals surface area contributed by atoms with Gasteiger partial charge >= 0.3 is 0 Å². The van der Waals surface area contributed by atoms with Gasteiger partial charge in [-0.3, -0.25) is 14.9 Å². The lowest BCUT2D eigenvalue weighted by molar-refractivity contribution is 0.0664. The first kappa shape index (κ1) is 20.3. The summed E-state index contributed by atoms with van der Waals surface area (Å²) in [5.41, 5.74) is 1.91. The van der Waals surface area contributed by atoms with Gasteiger partial charge in [-0.25, -0.2) is 4.98 Å². The average molecular weight is 425 g/mol. The van der Waals surface area contributed by atoms with Gasteiger partial charge < -0.3 is 14.5 Å². The predicted molar refractivity (Wildman–Crippen MR) is 119 cm³/mol. The molecule has 3 aromatic rings. The molecule has 0 saturated carbocycles. The summed E-state index contributed by atoms with van der Waals surface area (Å²) in [4.78, 5) is 34.0. The maximum Gasteiger partial charge on any atom is 0.257 e. The van der Waals surface area contributed by atoms with E-state index in [1.165, 1.54) is 11.3 Å². The van der Waals surface area contributed by atoms with Crippen molar-refractivity contribution in [3.63, 3.8) is 0 Å². The van der Waals surface area contributed by atoms with Crippen LogP contribution in [-0.2, 0) is 0 Å². The van der Waals surface area contributed by atoms with E-state index in [4.69, 9.17) is 4.74 Å². The number of rotatable bonds is 5. The minimum Gasteiger partial charge on any atom is -0.494 e. The van der Waals surface area contributed by atoms with E-state index in [2.05, 4.69) is 22.2 Å². The van der Waals surface area contributed by atoms with E-state index in [0.717, 1.165) is 36.4 Å². The number of hydrogen-bond donors (Lipinski definition) is 1. The number of thiazole rings is 1. The molecule has 8 heteroatoms. The van der Waals surface area contributed by atoms with Gasteiger partial charge in [-0.15, -0.1) is 0 Å². The lowest BCUT2D eigenvalue weighted by Crippen LogP contribution is -2.47. The topological polar surface area (TPSA) is 74.8 Å². The number of aromatic nitrogens is 1. The smallest absolute Gasteiger partial charge is 0.257 e. The van der Waals surface area contributed by atoms with Crippen molar-refractivity contribution in [3.8, 4) is 5.75 Å². The number of nitrogens with zero attached hydrogens (tertiary/aromatic N) is 3. The molecule has 1 aliphatic rings. The van der Waals surface area contributed by atoms with Crippen LogP contribution in [0.2, 0.25) is 0 Å². The zero-order chi connectivity index (χ0) is 21.1. The normalized spacial score (nSPS) is 14.7. The maximum atomic E-state index is 12.8. The quantitative estimate of drug-likeness (QED) is 0.680. The van der Waals surface area contributed by atoms with Crippen LogP contribution >= 0.6 is 11.3 Å². The Balaban J connectivity index is 1.49. The zero-order valence-electron chi connectivity index (χ0n) is 17.1. The van der Waals surface area contributed by atoms with E-state index < -0.39 is 0 Å². The van der Waals surface area contributed by atoms with E-state index in [0.29, 0.717) is 28.6 Å². The molecule has 0 radical (unpaired) electrons. The van der Waals surface area contributed by atoms with E-state index in [1.807, 2.05) is 30.0 Å². The maximum absolute atomic E-state index is 12.8. The van der Waals surface area contributed by atoms with Gasteiger partial charge in [0.25, 0.3) is 11.8 Å². The summed E-state index contributed by atoms with van der Waals surface area (Å²) in [6.07, 6.45) is 0. The number of benzene rings is 2. The highest BCUT2D eigenvalue weighted by atomic mass is 32.1. The summed E-state index contributed by atoms with van der Waals surface area (Å²) in [7, 11) is 2.06. The molecule has 4 rings (SSSR count). The Kier molecular flexibility index (Phi) is 5.96. The summed E-state index contributed by atoms with van der Waals surface area (Å²) in [5, 5.41) is 3.35. The average Bonchev–Trinajstić information content (AvgIpc) is 3.15. The molecule has 1 aliphatic heterocycles. The first-order chi connectivity index (χ1) is 14.5. The van der Waals surface area contributed by atoms with Crippen LogP contribution in [0.25, 0.3) is 10.2 Å². The molecule has 0 atom stereocenters. The van der Waals surface area contributed by atoms with Crippen LogP contribution in [-0.4, -0.2) is 66.4 Å². The van der Waals surface area contributed by atoms with E-state index in [9.17, 15) is 9.59 Å². The molecule has 7 nitrogen and oxygen atoms in total. The molecule has 1 fully saturated rings. The van der Waals surface area contributed by atoms with Gasteiger partial charge in [0.1, 0.15) is 5.75 Å². The minimum absolute atomic E-state index is 0.0386. The number of amides is 2. The van der Waals surface area contributed by atoms with Crippen LogP contribution < -0.4 is 10.1 Å². The van der Waals surface area contributed by atoms with Gasteiger partial charge in [-0.2, -0.15) is 0 Å². The van der Waals surface area contributed by atoms with E-state index >= 15 is 0 Å². The van der Waals surface area contributed by atoms with Gasteiger partial charge in [0, 0.05) is 37.3 Å². The molecule has 2 heterocycles. The summed E-state index contributed by atoms with van der Waals surface area (Å²) in [6, 6.07) is 12.5. The Hall–Kier alpha value is -2.97. The van der Waals surface area contributed by atoms with Crippen LogP contribution in [0.4, 0.5) is 5.13 Å². The zero-order valence-corrected chi connectivity index (χ0v) is 17.9. The molecule has 1 aromatic heterocycles. The highest BCUT2D eigenvalue weighted by Crippen LogP contribution is 2.28. The molecule has 0 aliphatic carbocycles. The number of nitrogens with one attached hydrogen (secondary N) is 1. The van der Waals surface area contributed by atoms with Gasteiger partial charge in [0.05, 0.1) is 16.8 Å². The third-order valence-electron chi connectivity index (χ3n) is 5.05. The van der Waals surface area contributed by atoms with Gasteiger partial charge in [-0.05, 0) is 50.4 Å². The highest BCUT2D eigenvalue weighted by Gasteiger charge is 2.21. The second-order valence-electron chi connectivity index (χ2n) is 7.21. The lowest BCUT2D eigenvalue weighted by Gasteiger charge is -2.32. The van der Waals surface area contributed by atoms with Crippen molar-refractivity contribution in [2.24, 2.45) is 0 Å². The Morgan fingerprint density at radius 1 is 1.10 bits per heavy atom. The van der Waals surface area contributed by atoms with Crippen LogP contribution in [0, 0.1) is 0 Å². The van der Waals surface area contributed by atoms with Gasteiger partial charge in [0.15, 0.2) is 5.13 Å². The largest absolute Gasteiger partial charge is 0.494 e. The van der Waals surface area contributed by atoms with Crippen LogP contribution in [0.15, 0.2) is 42.5 Å². The molecule has 0 bridgehead atoms. The SMILES string of the molecule is CCOc1cccc(C(=O)Nc2nc3ccc(C(=O)N4CCN(C)CC4)cc3s2)c1. The number of carbonyl (C=O) groups is 2. The summed E-state index contributed by atoms with van der Waals surface area (Å²) >= 11 is 1.36. The molecule has 1 saturated heterocycles. The van der Waals surface area contributed by atoms with Crippen LogP contribution in [0.3, 0.4) is 0 Å². The van der Waals surface area contributed by atoms with Crippen molar-refractivity contribution < 1.29 is 14.3 Å². The molecule has 0 spiro atoms. The predicted octanol–water partition coefficient (Wildman–Crippen LogP) is 3.33. The number of fused-ring (bicyclic) bond motifs is 1. The van der Waals surface area contributed by atoms with Crippen LogP contribution in [0.1, 0.15) is 27.6 Å². The molecular weight excluding hydrogens is 400 g/mol. The monoisotopic (exact) mass is 424 g/mol. The Morgan fingerprint density at radius 3 is 2.67 bits per heavy atom. The Labute approximate surface area is 179 Å². The molecular formula is C22H24N4O3S. The van der Waals surface area contributed by atoms with Gasteiger partial charge in [-0.1, -0.05) is 17.4 Å². The second-order valence-corrected chi connectivity index (χ2v) is 8.24. The number of ether oxygens (including phenoxy) is 1. The molecule has 30 heavy (non-hydrogen) atoms. The van der Waals surface area contributed by atoms with Crippen molar-refractivity contribution >= 4 is 38.5 Å². The third kappa shape index (κ3) is 4.44. The number of piperazine rings is 1. The first-order valence-electron chi connectivity index (χ1n) is 9.96. The summed E-state index contributed by atoms with van der Waals surface area (Å²) in [5.74, 6) is 0.447. The van der Waals surface area contributed by atoms with E-state index in [-0.39, 0.29) is 11.8 Å². The van der Waals surface area contributed by atoms with Crippen molar-refractivity contribution in [2.75, 3.05) is 45.2 Å². The Bertz CT molecular complexity index is 1070. The minimum atomic E-state index is -0.246. The van der Waals surface area contributed by atoms with Crippen molar-refractivity contribution in [1.29, 1.82) is 0 Å². The fraction of sp³-hybridized carbons (Fsp3) is 0.318. The van der Waals surface area contributed by atoms with Crippen LogP contribution in [0.5, 0.6) is 5.75 Å². The molecule has 0 unspecified atom stereocenters. The number of carbonyl (C=O) groups excluding carboxylic acids is 2. The van der Waals surface area contributed by atoms with E-state index in [1.54, 1.807) is 24.3 Å². The van der Waals surface area contributed by atoms with Crippen molar-refractivity contribution in [1.82, 2.24) is 14.8 Å². The fourth-order valence-corrected chi connectivity index (χ4v) is 4.27. The molecule has 2 aromatic carbocycles. The van der Waals surface area contributed by atoms with Crippen molar-refractivity contribution in [3.05, 3.63) is 53.6 Å².